The van der Waals surface area contributed by atoms with Crippen molar-refractivity contribution in [3.8, 4) is 67.8 Å². The second kappa shape index (κ2) is 20.6. The Balaban J connectivity index is 0.652. The lowest BCUT2D eigenvalue weighted by atomic mass is 9.97. The lowest BCUT2D eigenvalue weighted by Gasteiger charge is -2.11. The third-order valence-electron chi connectivity index (χ3n) is 22.8. The average molecular weight is 1350 g/mol. The summed E-state index contributed by atoms with van der Waals surface area (Å²) in [5, 5.41) is 18.3. The topological polar surface area (TPSA) is 96.5 Å². The molecule has 15 aromatic carbocycles. The van der Waals surface area contributed by atoms with Crippen LogP contribution in [0.5, 0.6) is 0 Å². The molecular formula is C96H52N8O2. The fourth-order valence-corrected chi connectivity index (χ4v) is 18.2. The molecule has 10 aromatic heterocycles. The third-order valence-corrected chi connectivity index (χ3v) is 22.8. The minimum absolute atomic E-state index is 0.569. The molecule has 0 N–H and O–H groups in total. The van der Waals surface area contributed by atoms with Gasteiger partial charge in [-0.3, -0.25) is 9.13 Å². The van der Waals surface area contributed by atoms with Crippen molar-refractivity contribution in [2.45, 2.75) is 0 Å². The van der Waals surface area contributed by atoms with Crippen LogP contribution in [0.3, 0.4) is 0 Å². The summed E-state index contributed by atoms with van der Waals surface area (Å²) in [5.41, 5.74) is 24.8. The van der Waals surface area contributed by atoms with E-state index >= 15 is 0 Å². The largest absolute Gasteiger partial charge is 0.452 e. The molecule has 0 spiro atoms. The lowest BCUT2D eigenvalue weighted by molar-refractivity contribution is 0.662. The van der Waals surface area contributed by atoms with Crippen LogP contribution in [0.2, 0.25) is 0 Å². The summed E-state index contributed by atoms with van der Waals surface area (Å²) >= 11 is 0. The van der Waals surface area contributed by atoms with Crippen LogP contribution in [0.4, 0.5) is 0 Å². The molecule has 0 unspecified atom stereocenters. The number of rotatable bonds is 7. The predicted molar refractivity (Wildman–Crippen MR) is 435 cm³/mol. The summed E-state index contributed by atoms with van der Waals surface area (Å²) in [5.74, 6) is 1.88. The van der Waals surface area contributed by atoms with Gasteiger partial charge < -0.3 is 17.6 Å². The molecule has 488 valence electrons. The molecule has 0 bridgehead atoms. The fraction of sp³-hybridized carbons (Fsp3) is 0. The van der Waals surface area contributed by atoms with Gasteiger partial charge in [0.15, 0.2) is 22.8 Å². The van der Waals surface area contributed by atoms with E-state index in [1.54, 1.807) is 0 Å². The Bertz CT molecular complexity index is 8130. The highest BCUT2D eigenvalue weighted by Crippen LogP contribution is 2.51. The average Bonchev–Trinajstić information content (AvgIpc) is 1.52. The Hall–Kier alpha value is -14.5. The van der Waals surface area contributed by atoms with Crippen molar-refractivity contribution >= 4 is 175 Å². The van der Waals surface area contributed by atoms with Crippen LogP contribution in [0.1, 0.15) is 0 Å². The maximum absolute atomic E-state index is 6.96. The highest BCUT2D eigenvalue weighted by Gasteiger charge is 2.30. The highest BCUT2D eigenvalue weighted by atomic mass is 16.3. The molecule has 0 fully saturated rings. The zero-order valence-corrected chi connectivity index (χ0v) is 56.4. The second-order valence-electron chi connectivity index (χ2n) is 28.3. The van der Waals surface area contributed by atoms with Gasteiger partial charge in [-0.2, -0.15) is 0 Å². The zero-order valence-electron chi connectivity index (χ0n) is 56.4. The van der Waals surface area contributed by atoms with Crippen molar-refractivity contribution in [2.75, 3.05) is 0 Å². The van der Waals surface area contributed by atoms with Gasteiger partial charge in [0, 0.05) is 86.5 Å². The second-order valence-corrected chi connectivity index (χ2v) is 28.3. The summed E-state index contributed by atoms with van der Waals surface area (Å²) in [6.45, 7) is 0. The molecule has 106 heavy (non-hydrogen) atoms. The van der Waals surface area contributed by atoms with E-state index in [0.29, 0.717) is 28.8 Å². The summed E-state index contributed by atoms with van der Waals surface area (Å²) in [6.07, 6.45) is 0. The molecule has 0 aliphatic carbocycles. The van der Waals surface area contributed by atoms with E-state index in [4.69, 9.17) is 28.8 Å². The Morgan fingerprint density at radius 1 is 0.236 bits per heavy atom. The zero-order chi connectivity index (χ0) is 68.7. The van der Waals surface area contributed by atoms with Gasteiger partial charge in [-0.15, -0.1) is 0 Å². The van der Waals surface area contributed by atoms with Gasteiger partial charge in [0.1, 0.15) is 27.9 Å². The van der Waals surface area contributed by atoms with Crippen LogP contribution in [-0.2, 0) is 0 Å². The van der Waals surface area contributed by atoms with E-state index in [1.165, 1.54) is 81.6 Å². The van der Waals surface area contributed by atoms with E-state index in [2.05, 4.69) is 309 Å². The van der Waals surface area contributed by atoms with Crippen LogP contribution in [0, 0.1) is 0 Å². The van der Waals surface area contributed by atoms with Crippen molar-refractivity contribution in [1.29, 1.82) is 0 Å². The molecular weight excluding hydrogens is 1300 g/mol. The van der Waals surface area contributed by atoms with Crippen LogP contribution >= 0.6 is 0 Å². The normalized spacial score (nSPS) is 12.5. The number of hydrogen-bond donors (Lipinski definition) is 0. The first-order valence-corrected chi connectivity index (χ1v) is 36.0. The Morgan fingerprint density at radius 3 is 1.26 bits per heavy atom. The molecule has 10 nitrogen and oxygen atoms in total. The monoisotopic (exact) mass is 1350 g/mol. The first-order valence-electron chi connectivity index (χ1n) is 36.0. The molecule has 0 amide bonds. The van der Waals surface area contributed by atoms with E-state index in [9.17, 15) is 0 Å². The fourth-order valence-electron chi connectivity index (χ4n) is 18.2. The van der Waals surface area contributed by atoms with Gasteiger partial charge in [-0.05, 0) is 135 Å². The van der Waals surface area contributed by atoms with Crippen molar-refractivity contribution in [1.82, 2.24) is 37.9 Å². The molecule has 0 radical (unpaired) electrons. The van der Waals surface area contributed by atoms with Crippen LogP contribution in [0.25, 0.3) is 243 Å². The van der Waals surface area contributed by atoms with E-state index in [0.717, 1.165) is 132 Å². The molecule has 0 saturated heterocycles. The summed E-state index contributed by atoms with van der Waals surface area (Å²) in [7, 11) is 0. The smallest absolute Gasteiger partial charge is 0.236 e. The van der Waals surface area contributed by atoms with Crippen LogP contribution in [-0.4, -0.2) is 37.9 Å². The van der Waals surface area contributed by atoms with Crippen molar-refractivity contribution in [3.63, 3.8) is 0 Å². The Kier molecular flexibility index (Phi) is 10.9. The maximum Gasteiger partial charge on any atom is 0.236 e. The Morgan fingerprint density at radius 2 is 0.670 bits per heavy atom. The number of furan rings is 2. The maximum atomic E-state index is 6.96. The third kappa shape index (κ3) is 7.51. The molecule has 25 aromatic rings. The molecule has 0 saturated carbocycles. The number of aromatic nitrogens is 8. The van der Waals surface area contributed by atoms with E-state index in [-0.39, 0.29) is 0 Å². The van der Waals surface area contributed by atoms with Gasteiger partial charge in [-0.1, -0.05) is 224 Å². The summed E-state index contributed by atoms with van der Waals surface area (Å²) < 4.78 is 23.4. The van der Waals surface area contributed by atoms with Gasteiger partial charge in [0.05, 0.1) is 55.2 Å². The minimum atomic E-state index is 0.569. The molecule has 0 atom stereocenters. The van der Waals surface area contributed by atoms with Gasteiger partial charge in [0.2, 0.25) is 5.95 Å². The summed E-state index contributed by atoms with van der Waals surface area (Å²) in [6, 6.07) is 114. The first kappa shape index (κ1) is 56.2. The quantitative estimate of drug-likeness (QED) is 0.158. The number of nitrogens with zero attached hydrogens (tertiary/aromatic N) is 8. The number of hydrogen-bond acceptors (Lipinski definition) is 6. The van der Waals surface area contributed by atoms with Crippen molar-refractivity contribution in [2.24, 2.45) is 0 Å². The predicted octanol–water partition coefficient (Wildman–Crippen LogP) is 25.0. The van der Waals surface area contributed by atoms with Crippen molar-refractivity contribution in [3.05, 3.63) is 315 Å². The lowest BCUT2D eigenvalue weighted by Crippen LogP contribution is -2.03. The summed E-state index contributed by atoms with van der Waals surface area (Å²) in [4.78, 5) is 22.3. The van der Waals surface area contributed by atoms with Gasteiger partial charge >= 0.3 is 0 Å². The van der Waals surface area contributed by atoms with Crippen LogP contribution in [0.15, 0.2) is 324 Å². The molecule has 0 aliphatic rings. The van der Waals surface area contributed by atoms with Crippen molar-refractivity contribution < 1.29 is 8.83 Å². The molecule has 25 rings (SSSR count). The molecule has 0 aliphatic heterocycles. The Labute approximate surface area is 601 Å². The van der Waals surface area contributed by atoms with Gasteiger partial charge in [-0.25, -0.2) is 19.9 Å². The minimum Gasteiger partial charge on any atom is -0.452 e. The van der Waals surface area contributed by atoms with E-state index in [1.807, 2.05) is 24.3 Å². The highest BCUT2D eigenvalue weighted by molar-refractivity contribution is 6.38. The number of fused-ring (bicyclic) bond motifs is 27. The standard InChI is InChI=1S/C96H52N8O2/c1-2-18-53(19-3-1)60-45-47-78-72(49-60)84-80(52-70-64-23-7-13-29-74(64)102-76-31-15-9-25-66(76)86(84)91(70)102)104(78)96-98-87(92-88(99-96)67-26-10-16-32-81(67)105-92)58-41-38-56(39-42-58)55-34-36-57(37-35-55)61-44-46-77-71(50-61)83-79(51-69-63-22-6-12-28-73(63)101-75-30-14-8-24-65(75)85(83)90(69)101)103(77)95-93-89(68-27-11-17-33-82(68)106-93)97-94(100-95)62-43-40-54-20-4-5-21-59(54)48-62/h1-52H. The molecule has 10 heterocycles. The number of para-hydroxylation sites is 6. The first-order chi connectivity index (χ1) is 52.6. The number of benzene rings is 15. The molecule has 10 heteroatoms. The SMILES string of the molecule is c1ccc(-c2ccc3c(c2)c2c4c5ccccc5n5c6ccccc6c(cc2n3-c2nc(-c3ccc(-c6ccc(-c7ccc8c(c7)c7c9c%10ccccc%10n%10c%11ccccc%11c(cc7n8-c7nc(-c8ccc%11ccccc%11c8)nc8c7oc7ccccc78)c9%10)cc6)cc3)c3oc6ccccc6c3n2)c45)cc1. The van der Waals surface area contributed by atoms with E-state index < -0.39 is 0 Å². The van der Waals surface area contributed by atoms with Crippen LogP contribution < -0.4 is 0 Å². The van der Waals surface area contributed by atoms with Gasteiger partial charge in [0.25, 0.3) is 0 Å².